The van der Waals surface area contributed by atoms with Gasteiger partial charge in [-0.3, -0.25) is 4.79 Å². The predicted molar refractivity (Wildman–Crippen MR) is 103 cm³/mol. The topological polar surface area (TPSA) is 68.0 Å². The largest absolute Gasteiger partial charge is 0.326 e. The molecule has 0 aliphatic carbocycles. The molecule has 2 aromatic heterocycles. The summed E-state index contributed by atoms with van der Waals surface area (Å²) >= 11 is 3.05. The zero-order valence-corrected chi connectivity index (χ0v) is 15.4. The smallest absolute Gasteiger partial charge is 0.224 e. The van der Waals surface area contributed by atoms with Crippen LogP contribution in [0.1, 0.15) is 24.4 Å². The van der Waals surface area contributed by atoms with Crippen LogP contribution in [0.15, 0.2) is 41.2 Å². The molecule has 0 saturated carbocycles. The van der Waals surface area contributed by atoms with Gasteiger partial charge in [0.25, 0.3) is 0 Å². The average molecular weight is 390 g/mol. The number of hydrogen-bond donors (Lipinski definition) is 2. The number of thiophene rings is 1. The number of carbonyl (C=O) groups is 1. The summed E-state index contributed by atoms with van der Waals surface area (Å²) in [6.07, 6.45) is 2.88. The molecule has 8 heteroatoms. The second-order valence-corrected chi connectivity index (χ2v) is 6.44. The highest BCUT2D eigenvalue weighted by Gasteiger charge is 2.10. The first-order chi connectivity index (χ1) is 10.2. The van der Waals surface area contributed by atoms with Gasteiger partial charge in [-0.25, -0.2) is 0 Å². The van der Waals surface area contributed by atoms with Crippen molar-refractivity contribution in [2.75, 3.05) is 5.32 Å². The Morgan fingerprint density at radius 2 is 2.13 bits per heavy atom. The van der Waals surface area contributed by atoms with Gasteiger partial charge in [0.2, 0.25) is 5.91 Å². The zero-order valence-electron chi connectivity index (χ0n) is 12.1. The summed E-state index contributed by atoms with van der Waals surface area (Å²) in [6, 6.07) is 7.74. The maximum absolute atomic E-state index is 12.0. The first-order valence-electron chi connectivity index (χ1n) is 6.64. The summed E-state index contributed by atoms with van der Waals surface area (Å²) in [5.41, 5.74) is 7.96. The highest BCUT2D eigenvalue weighted by atomic mass is 35.5. The second-order valence-electron chi connectivity index (χ2n) is 4.83. The molecule has 1 unspecified atom stereocenters. The van der Waals surface area contributed by atoms with Crippen LogP contribution in [0.4, 0.5) is 5.69 Å². The average Bonchev–Trinajstić information content (AvgIpc) is 3.15. The minimum atomic E-state index is -0.0778. The van der Waals surface area contributed by atoms with Crippen LogP contribution in [-0.4, -0.2) is 10.3 Å². The molecule has 0 fully saturated rings. The molecule has 0 saturated heterocycles. The first kappa shape index (κ1) is 19.9. The highest BCUT2D eigenvalue weighted by molar-refractivity contribution is 7.13. The summed E-state index contributed by atoms with van der Waals surface area (Å²) in [5.74, 6) is -0.00968. The third-order valence-electron chi connectivity index (χ3n) is 3.29. The van der Waals surface area contributed by atoms with Crippen molar-refractivity contribution in [3.8, 4) is 0 Å². The van der Waals surface area contributed by atoms with Gasteiger partial charge in [-0.05, 0) is 58.5 Å². The quantitative estimate of drug-likeness (QED) is 0.668. The molecule has 3 rings (SSSR count). The second kappa shape index (κ2) is 9.20. The van der Waals surface area contributed by atoms with Crippen LogP contribution in [0.25, 0.3) is 10.1 Å². The number of hydrogen-bond acceptors (Lipinski definition) is 5. The minimum Gasteiger partial charge on any atom is -0.326 e. The molecule has 1 atom stereocenters. The number of rotatable bonds is 5. The van der Waals surface area contributed by atoms with Crippen molar-refractivity contribution in [3.63, 3.8) is 0 Å². The highest BCUT2D eigenvalue weighted by Crippen LogP contribution is 2.23. The molecule has 0 aliphatic rings. The third kappa shape index (κ3) is 5.16. The van der Waals surface area contributed by atoms with Crippen molar-refractivity contribution >= 4 is 69.4 Å². The van der Waals surface area contributed by atoms with Gasteiger partial charge < -0.3 is 11.1 Å². The fraction of sp³-hybridized carbons (Fsp3) is 0.200. The molecule has 0 bridgehead atoms. The summed E-state index contributed by atoms with van der Waals surface area (Å²) in [4.78, 5) is 12.0. The number of nitrogens with one attached hydrogen (secondary N) is 1. The Labute approximate surface area is 155 Å². The Morgan fingerprint density at radius 3 is 2.87 bits per heavy atom. The summed E-state index contributed by atoms with van der Waals surface area (Å²) < 4.78 is 5.19. The fourth-order valence-electron chi connectivity index (χ4n) is 2.10. The van der Waals surface area contributed by atoms with E-state index in [-0.39, 0.29) is 36.8 Å². The molecule has 0 aliphatic heterocycles. The lowest BCUT2D eigenvalue weighted by Crippen LogP contribution is -2.16. The van der Waals surface area contributed by atoms with Crippen molar-refractivity contribution in [1.82, 2.24) is 4.37 Å². The number of nitrogens with two attached hydrogens (primary N) is 1. The Bertz CT molecular complexity index is 746. The molecule has 4 nitrogen and oxygen atoms in total. The van der Waals surface area contributed by atoms with Crippen molar-refractivity contribution in [1.29, 1.82) is 0 Å². The monoisotopic (exact) mass is 389 g/mol. The zero-order chi connectivity index (χ0) is 14.7. The van der Waals surface area contributed by atoms with E-state index in [1.54, 1.807) is 11.3 Å². The van der Waals surface area contributed by atoms with Crippen LogP contribution in [-0.2, 0) is 4.79 Å². The molecular weight excluding hydrogens is 373 g/mol. The third-order valence-corrected chi connectivity index (χ3v) is 4.76. The molecule has 3 aromatic rings. The summed E-state index contributed by atoms with van der Waals surface area (Å²) in [5, 5.41) is 8.03. The lowest BCUT2D eigenvalue weighted by Gasteiger charge is -2.10. The van der Waals surface area contributed by atoms with Gasteiger partial charge in [-0.15, -0.1) is 24.8 Å². The van der Waals surface area contributed by atoms with Crippen LogP contribution >= 0.6 is 47.7 Å². The van der Waals surface area contributed by atoms with E-state index in [0.717, 1.165) is 21.3 Å². The van der Waals surface area contributed by atoms with Gasteiger partial charge in [-0.2, -0.15) is 15.7 Å². The number of amides is 1. The molecule has 1 aromatic carbocycles. The van der Waals surface area contributed by atoms with E-state index in [2.05, 4.69) is 9.69 Å². The Morgan fingerprint density at radius 1 is 1.30 bits per heavy atom. The van der Waals surface area contributed by atoms with E-state index in [1.165, 1.54) is 11.5 Å². The van der Waals surface area contributed by atoms with Crippen molar-refractivity contribution in [2.24, 2.45) is 5.73 Å². The SMILES string of the molecule is Cl.Cl.NC(CCC(=O)Nc1ccc2cnsc2c1)c1ccsc1. The number of carbonyl (C=O) groups excluding carboxylic acids is 1. The molecule has 0 radical (unpaired) electrons. The molecule has 0 spiro atoms. The van der Waals surface area contributed by atoms with Crippen molar-refractivity contribution in [2.45, 2.75) is 18.9 Å². The van der Waals surface area contributed by atoms with Crippen LogP contribution in [0.2, 0.25) is 0 Å². The first-order valence-corrected chi connectivity index (χ1v) is 8.36. The van der Waals surface area contributed by atoms with E-state index in [1.807, 2.05) is 41.2 Å². The molecular formula is C15H17Cl2N3OS2. The lowest BCUT2D eigenvalue weighted by molar-refractivity contribution is -0.116. The van der Waals surface area contributed by atoms with Crippen LogP contribution in [0, 0.1) is 0 Å². The molecule has 1 amide bonds. The number of anilines is 1. The van der Waals surface area contributed by atoms with E-state index < -0.39 is 0 Å². The number of aromatic nitrogens is 1. The van der Waals surface area contributed by atoms with Crippen LogP contribution in [0.3, 0.4) is 0 Å². The molecule has 124 valence electrons. The number of benzene rings is 1. The van der Waals surface area contributed by atoms with Gasteiger partial charge in [0.05, 0.1) is 4.70 Å². The van der Waals surface area contributed by atoms with Gasteiger partial charge >= 0.3 is 0 Å². The van der Waals surface area contributed by atoms with Gasteiger partial charge in [0, 0.05) is 29.7 Å². The minimum absolute atomic E-state index is 0. The summed E-state index contributed by atoms with van der Waals surface area (Å²) in [6.45, 7) is 0. The van der Waals surface area contributed by atoms with Gasteiger partial charge in [0.1, 0.15) is 0 Å². The number of fused-ring (bicyclic) bond motifs is 1. The van der Waals surface area contributed by atoms with Crippen LogP contribution in [0.5, 0.6) is 0 Å². The predicted octanol–water partition coefficient (Wildman–Crippen LogP) is 4.62. The number of nitrogens with zero attached hydrogens (tertiary/aromatic N) is 1. The van der Waals surface area contributed by atoms with Crippen LogP contribution < -0.4 is 11.1 Å². The fourth-order valence-corrected chi connectivity index (χ4v) is 3.51. The van der Waals surface area contributed by atoms with E-state index in [9.17, 15) is 4.79 Å². The van der Waals surface area contributed by atoms with Gasteiger partial charge in [0.15, 0.2) is 0 Å². The van der Waals surface area contributed by atoms with E-state index >= 15 is 0 Å². The van der Waals surface area contributed by atoms with Crippen molar-refractivity contribution in [3.05, 3.63) is 46.8 Å². The Balaban J connectivity index is 0.00000132. The Hall–Kier alpha value is -1.18. The lowest BCUT2D eigenvalue weighted by atomic mass is 10.1. The summed E-state index contributed by atoms with van der Waals surface area (Å²) in [7, 11) is 0. The van der Waals surface area contributed by atoms with Gasteiger partial charge in [-0.1, -0.05) is 0 Å². The normalized spacial score (nSPS) is 11.3. The standard InChI is InChI=1S/C15H15N3OS2.2ClH/c16-13(11-5-6-20-9-11)3-4-15(19)18-12-2-1-10-8-17-21-14(10)7-12;;/h1-2,5-9,13H,3-4,16H2,(H,18,19);2*1H. The molecule has 2 heterocycles. The number of halogens is 2. The Kier molecular flexibility index (Phi) is 7.94. The molecule has 3 N–H and O–H groups in total. The van der Waals surface area contributed by atoms with E-state index in [0.29, 0.717) is 12.8 Å². The maximum Gasteiger partial charge on any atom is 0.224 e. The van der Waals surface area contributed by atoms with Crippen molar-refractivity contribution < 1.29 is 4.79 Å². The van der Waals surface area contributed by atoms with E-state index in [4.69, 9.17) is 5.73 Å². The molecule has 23 heavy (non-hydrogen) atoms. The maximum atomic E-state index is 12.0.